The first kappa shape index (κ1) is 12.9. The summed E-state index contributed by atoms with van der Waals surface area (Å²) in [6.07, 6.45) is 3.88. The van der Waals surface area contributed by atoms with Crippen LogP contribution in [0, 0.1) is 16.7 Å². The Hall–Kier alpha value is -1.53. The molecular formula is C14H14ClNO2. The summed E-state index contributed by atoms with van der Waals surface area (Å²) in [6, 6.07) is 7.17. The zero-order chi connectivity index (χ0) is 13.2. The molecule has 1 aromatic carbocycles. The van der Waals surface area contributed by atoms with Crippen LogP contribution in [0.25, 0.3) is 0 Å². The van der Waals surface area contributed by atoms with E-state index in [2.05, 4.69) is 0 Å². The van der Waals surface area contributed by atoms with Crippen LogP contribution in [0.15, 0.2) is 18.2 Å². The van der Waals surface area contributed by atoms with Crippen LogP contribution in [0.3, 0.4) is 0 Å². The minimum atomic E-state index is -0.722. The number of carboxylic acids is 1. The molecule has 0 unspecified atom stereocenters. The van der Waals surface area contributed by atoms with Gasteiger partial charge in [-0.2, -0.15) is 5.26 Å². The van der Waals surface area contributed by atoms with Crippen molar-refractivity contribution in [1.82, 2.24) is 0 Å². The molecular weight excluding hydrogens is 250 g/mol. The molecule has 1 fully saturated rings. The number of hydrogen-bond donors (Lipinski definition) is 1. The smallest absolute Gasteiger partial charge is 0.309 e. The normalized spacial score (nSPS) is 17.3. The summed E-state index contributed by atoms with van der Waals surface area (Å²) in [5, 5.41) is 18.6. The molecule has 1 N–H and O–H groups in total. The molecule has 18 heavy (non-hydrogen) atoms. The first-order chi connectivity index (χ1) is 8.57. The Morgan fingerprint density at radius 1 is 1.44 bits per heavy atom. The monoisotopic (exact) mass is 263 g/mol. The predicted octanol–water partition coefficient (Wildman–Crippen LogP) is 3.40. The molecule has 0 aliphatic heterocycles. The van der Waals surface area contributed by atoms with Crippen molar-refractivity contribution in [2.24, 2.45) is 5.41 Å². The van der Waals surface area contributed by atoms with Gasteiger partial charge in [-0.15, -0.1) is 0 Å². The number of aliphatic carboxylic acids is 1. The molecule has 0 heterocycles. The van der Waals surface area contributed by atoms with E-state index >= 15 is 0 Å². The van der Waals surface area contributed by atoms with E-state index in [-0.39, 0.29) is 0 Å². The summed E-state index contributed by atoms with van der Waals surface area (Å²) >= 11 is 5.97. The Balaban J connectivity index is 2.25. The van der Waals surface area contributed by atoms with Crippen LogP contribution in [0.1, 0.15) is 36.8 Å². The number of carbonyl (C=O) groups is 1. The number of hydrogen-bond acceptors (Lipinski definition) is 2. The predicted molar refractivity (Wildman–Crippen MR) is 68.4 cm³/mol. The van der Waals surface area contributed by atoms with Crippen molar-refractivity contribution in [2.75, 3.05) is 0 Å². The van der Waals surface area contributed by atoms with Gasteiger partial charge in [0.1, 0.15) is 6.07 Å². The summed E-state index contributed by atoms with van der Waals surface area (Å²) in [4.78, 5) is 11.5. The van der Waals surface area contributed by atoms with Crippen LogP contribution in [-0.2, 0) is 11.2 Å². The molecule has 4 heteroatoms. The molecule has 2 rings (SSSR count). The number of nitrogens with zero attached hydrogens (tertiary/aromatic N) is 1. The lowest BCUT2D eigenvalue weighted by atomic mass is 9.80. The molecule has 0 spiro atoms. The highest BCUT2D eigenvalue weighted by Crippen LogP contribution is 2.41. The average molecular weight is 264 g/mol. The molecule has 1 saturated carbocycles. The van der Waals surface area contributed by atoms with Crippen LogP contribution >= 0.6 is 11.6 Å². The number of rotatable bonds is 3. The third-order valence-corrected chi connectivity index (χ3v) is 4.02. The van der Waals surface area contributed by atoms with Crippen molar-refractivity contribution in [1.29, 1.82) is 5.26 Å². The fourth-order valence-electron chi connectivity index (χ4n) is 2.67. The van der Waals surface area contributed by atoms with Gasteiger partial charge in [-0.25, -0.2) is 0 Å². The van der Waals surface area contributed by atoms with Crippen LogP contribution in [0.2, 0.25) is 5.02 Å². The van der Waals surface area contributed by atoms with Gasteiger partial charge in [0.05, 0.1) is 16.0 Å². The van der Waals surface area contributed by atoms with Crippen molar-refractivity contribution < 1.29 is 9.90 Å². The molecule has 0 amide bonds. The summed E-state index contributed by atoms with van der Waals surface area (Å²) in [5.41, 5.74) is 0.678. The molecule has 3 nitrogen and oxygen atoms in total. The largest absolute Gasteiger partial charge is 0.481 e. The van der Waals surface area contributed by atoms with E-state index in [1.165, 1.54) is 0 Å². The lowest BCUT2D eigenvalue weighted by Gasteiger charge is -2.23. The van der Waals surface area contributed by atoms with Crippen LogP contribution < -0.4 is 0 Å². The van der Waals surface area contributed by atoms with E-state index in [1.54, 1.807) is 18.2 Å². The van der Waals surface area contributed by atoms with Gasteiger partial charge >= 0.3 is 5.97 Å². The molecule has 0 saturated heterocycles. The van der Waals surface area contributed by atoms with Gasteiger partial charge in [-0.3, -0.25) is 4.79 Å². The lowest BCUT2D eigenvalue weighted by molar-refractivity contribution is -0.148. The standard InChI is InChI=1S/C14H14ClNO2/c15-12-7-10(3-4-11(12)9-16)8-14(13(17)18)5-1-2-6-14/h3-4,7H,1-2,5-6,8H2,(H,17,18). The van der Waals surface area contributed by atoms with Crippen molar-refractivity contribution >= 4 is 17.6 Å². The van der Waals surface area contributed by atoms with Crippen molar-refractivity contribution in [3.8, 4) is 6.07 Å². The van der Waals surface area contributed by atoms with Crippen LogP contribution in [0.4, 0.5) is 0 Å². The quantitative estimate of drug-likeness (QED) is 0.909. The third kappa shape index (κ3) is 2.34. The summed E-state index contributed by atoms with van der Waals surface area (Å²) in [6.45, 7) is 0. The van der Waals surface area contributed by atoms with Gasteiger partial charge in [-0.05, 0) is 37.0 Å². The zero-order valence-corrected chi connectivity index (χ0v) is 10.7. The maximum atomic E-state index is 11.5. The van der Waals surface area contributed by atoms with E-state index < -0.39 is 11.4 Å². The first-order valence-corrected chi connectivity index (χ1v) is 6.37. The molecule has 94 valence electrons. The molecule has 0 bridgehead atoms. The number of halogens is 1. The summed E-state index contributed by atoms with van der Waals surface area (Å²) in [7, 11) is 0. The number of nitriles is 1. The third-order valence-electron chi connectivity index (χ3n) is 3.71. The Morgan fingerprint density at radius 3 is 2.61 bits per heavy atom. The second-order valence-electron chi connectivity index (χ2n) is 4.90. The van der Waals surface area contributed by atoms with Gasteiger partial charge in [0.2, 0.25) is 0 Å². The topological polar surface area (TPSA) is 61.1 Å². The average Bonchev–Trinajstić information content (AvgIpc) is 2.79. The minimum absolute atomic E-state index is 0.397. The van der Waals surface area contributed by atoms with Crippen molar-refractivity contribution in [3.63, 3.8) is 0 Å². The molecule has 0 radical (unpaired) electrons. The second kappa shape index (κ2) is 4.99. The fraction of sp³-hybridized carbons (Fsp3) is 0.429. The molecule has 0 atom stereocenters. The second-order valence-corrected chi connectivity index (χ2v) is 5.30. The maximum Gasteiger partial charge on any atom is 0.309 e. The van der Waals surface area contributed by atoms with Gasteiger partial charge < -0.3 is 5.11 Å². The van der Waals surface area contributed by atoms with Crippen LogP contribution in [-0.4, -0.2) is 11.1 Å². The molecule has 1 aliphatic rings. The highest BCUT2D eigenvalue weighted by atomic mass is 35.5. The van der Waals surface area contributed by atoms with E-state index in [9.17, 15) is 9.90 Å². The summed E-state index contributed by atoms with van der Waals surface area (Å²) < 4.78 is 0. The lowest BCUT2D eigenvalue weighted by Crippen LogP contribution is -2.30. The number of benzene rings is 1. The van der Waals surface area contributed by atoms with Gasteiger partial charge in [0, 0.05) is 0 Å². The highest BCUT2D eigenvalue weighted by Gasteiger charge is 2.41. The van der Waals surface area contributed by atoms with E-state index in [1.807, 2.05) is 6.07 Å². The van der Waals surface area contributed by atoms with Gasteiger partial charge in [0.15, 0.2) is 0 Å². The van der Waals surface area contributed by atoms with E-state index in [4.69, 9.17) is 16.9 Å². The molecule has 1 aliphatic carbocycles. The van der Waals surface area contributed by atoms with E-state index in [0.717, 1.165) is 31.2 Å². The maximum absolute atomic E-state index is 11.5. The number of carboxylic acid groups (broad SMARTS) is 1. The minimum Gasteiger partial charge on any atom is -0.481 e. The van der Waals surface area contributed by atoms with Crippen molar-refractivity contribution in [2.45, 2.75) is 32.1 Å². The Kier molecular flexibility index (Phi) is 3.58. The fourth-order valence-corrected chi connectivity index (χ4v) is 2.91. The van der Waals surface area contributed by atoms with Gasteiger partial charge in [-0.1, -0.05) is 30.5 Å². The Morgan fingerprint density at radius 2 is 2.11 bits per heavy atom. The zero-order valence-electron chi connectivity index (χ0n) is 9.95. The Labute approximate surface area is 111 Å². The SMILES string of the molecule is N#Cc1ccc(CC2(C(=O)O)CCCC2)cc1Cl. The van der Waals surface area contributed by atoms with Gasteiger partial charge in [0.25, 0.3) is 0 Å². The van der Waals surface area contributed by atoms with Crippen LogP contribution in [0.5, 0.6) is 0 Å². The first-order valence-electron chi connectivity index (χ1n) is 5.99. The molecule has 1 aromatic rings. The highest BCUT2D eigenvalue weighted by molar-refractivity contribution is 6.31. The Bertz CT molecular complexity index is 513. The van der Waals surface area contributed by atoms with E-state index in [0.29, 0.717) is 17.0 Å². The molecule has 0 aromatic heterocycles. The van der Waals surface area contributed by atoms with Crippen molar-refractivity contribution in [3.05, 3.63) is 34.3 Å². The summed E-state index contributed by atoms with van der Waals surface area (Å²) in [5.74, 6) is -0.722.